The lowest BCUT2D eigenvalue weighted by Gasteiger charge is -2.20. The first-order chi connectivity index (χ1) is 8.48. The van der Waals surface area contributed by atoms with E-state index in [0.717, 1.165) is 24.3 Å². The van der Waals surface area contributed by atoms with Crippen molar-refractivity contribution in [3.05, 3.63) is 35.1 Å². The summed E-state index contributed by atoms with van der Waals surface area (Å²) >= 11 is 5.34. The first-order valence-electron chi connectivity index (χ1n) is 6.24. The normalized spacial score (nSPS) is 11.9. The molecule has 0 aliphatic heterocycles. The second-order valence-corrected chi connectivity index (χ2v) is 5.89. The Morgan fingerprint density at radius 1 is 1.33 bits per heavy atom. The molecule has 0 bridgehead atoms. The molecule has 0 aliphatic rings. The molecule has 1 N–H and O–H groups in total. The number of aromatic nitrogens is 4. The van der Waals surface area contributed by atoms with Gasteiger partial charge in [0.15, 0.2) is 4.77 Å². The summed E-state index contributed by atoms with van der Waals surface area (Å²) < 4.78 is 4.95. The quantitative estimate of drug-likeness (QED) is 0.862. The van der Waals surface area contributed by atoms with E-state index in [1.54, 1.807) is 0 Å². The lowest BCUT2D eigenvalue weighted by Crippen LogP contribution is -2.18. The van der Waals surface area contributed by atoms with E-state index in [9.17, 15) is 0 Å². The minimum Gasteiger partial charge on any atom is -0.337 e. The van der Waals surface area contributed by atoms with Crippen molar-refractivity contribution < 1.29 is 0 Å². The predicted octanol–water partition coefficient (Wildman–Crippen LogP) is 3.13. The summed E-state index contributed by atoms with van der Waals surface area (Å²) in [7, 11) is 0. The Balaban J connectivity index is 2.05. The average Bonchev–Trinajstić information content (AvgIpc) is 2.88. The van der Waals surface area contributed by atoms with Crippen LogP contribution in [0.15, 0.2) is 24.7 Å². The third kappa shape index (κ3) is 2.90. The van der Waals surface area contributed by atoms with Crippen molar-refractivity contribution in [2.45, 2.75) is 45.7 Å². The number of nitrogens with zero attached hydrogens (tertiary/aromatic N) is 3. The van der Waals surface area contributed by atoms with Gasteiger partial charge in [0.05, 0.1) is 0 Å². The molecular formula is C13H20N4S. The summed E-state index contributed by atoms with van der Waals surface area (Å²) in [4.78, 5) is 3.14. The molecule has 0 atom stereocenters. The number of hydrogen-bond donors (Lipinski definition) is 1. The van der Waals surface area contributed by atoms with Gasteiger partial charge in [0.1, 0.15) is 0 Å². The van der Waals surface area contributed by atoms with Crippen molar-refractivity contribution >= 4 is 12.2 Å². The van der Waals surface area contributed by atoms with Crippen molar-refractivity contribution in [1.82, 2.24) is 19.3 Å². The Hall–Kier alpha value is -1.36. The summed E-state index contributed by atoms with van der Waals surface area (Å²) in [6.45, 7) is 8.46. The summed E-state index contributed by atoms with van der Waals surface area (Å²) in [6.07, 6.45) is 6.84. The van der Waals surface area contributed by atoms with Crippen LogP contribution in [0.1, 0.15) is 32.9 Å². The SMILES string of the molecule is CC(C)(C)c1c[nH]c(=S)n1CCCn1cccn1. The summed E-state index contributed by atoms with van der Waals surface area (Å²) in [5.74, 6) is 0. The molecule has 2 rings (SSSR count). The van der Waals surface area contributed by atoms with E-state index in [1.165, 1.54) is 5.69 Å². The molecule has 5 heteroatoms. The largest absolute Gasteiger partial charge is 0.337 e. The third-order valence-corrected chi connectivity index (χ3v) is 3.30. The van der Waals surface area contributed by atoms with Crippen LogP contribution >= 0.6 is 12.2 Å². The fourth-order valence-corrected chi connectivity index (χ4v) is 2.31. The van der Waals surface area contributed by atoms with Gasteiger partial charge in [-0.2, -0.15) is 5.10 Å². The van der Waals surface area contributed by atoms with Crippen LogP contribution in [0.4, 0.5) is 0 Å². The number of nitrogens with one attached hydrogen (secondary N) is 1. The molecule has 0 spiro atoms. The van der Waals surface area contributed by atoms with Gasteiger partial charge in [-0.05, 0) is 24.7 Å². The molecule has 18 heavy (non-hydrogen) atoms. The monoisotopic (exact) mass is 264 g/mol. The molecule has 0 aliphatic carbocycles. The highest BCUT2D eigenvalue weighted by Crippen LogP contribution is 2.22. The van der Waals surface area contributed by atoms with Crippen molar-refractivity contribution in [2.24, 2.45) is 0 Å². The minimum atomic E-state index is 0.110. The molecule has 0 radical (unpaired) electrons. The molecule has 2 heterocycles. The van der Waals surface area contributed by atoms with Crippen LogP contribution in [0.2, 0.25) is 0 Å². The molecule has 0 fully saturated rings. The highest BCUT2D eigenvalue weighted by molar-refractivity contribution is 7.71. The topological polar surface area (TPSA) is 38.5 Å². The number of H-pyrrole nitrogens is 1. The molecule has 2 aromatic rings. The van der Waals surface area contributed by atoms with Crippen LogP contribution in [0.5, 0.6) is 0 Å². The van der Waals surface area contributed by atoms with Crippen LogP contribution in [-0.2, 0) is 18.5 Å². The molecule has 0 aromatic carbocycles. The second-order valence-electron chi connectivity index (χ2n) is 5.50. The van der Waals surface area contributed by atoms with Crippen LogP contribution in [0, 0.1) is 4.77 Å². The Labute approximate surface area is 113 Å². The minimum absolute atomic E-state index is 0.110. The van der Waals surface area contributed by atoms with Gasteiger partial charge in [-0.15, -0.1) is 0 Å². The van der Waals surface area contributed by atoms with Crippen LogP contribution in [-0.4, -0.2) is 19.3 Å². The van der Waals surface area contributed by atoms with Gasteiger partial charge in [-0.3, -0.25) is 4.68 Å². The van der Waals surface area contributed by atoms with Crippen molar-refractivity contribution in [3.8, 4) is 0 Å². The van der Waals surface area contributed by atoms with Gasteiger partial charge in [-0.1, -0.05) is 20.8 Å². The number of aryl methyl sites for hydroxylation is 1. The van der Waals surface area contributed by atoms with Crippen molar-refractivity contribution in [1.29, 1.82) is 0 Å². The van der Waals surface area contributed by atoms with E-state index < -0.39 is 0 Å². The van der Waals surface area contributed by atoms with Crippen molar-refractivity contribution in [3.63, 3.8) is 0 Å². The maximum Gasteiger partial charge on any atom is 0.177 e. The number of rotatable bonds is 4. The fourth-order valence-electron chi connectivity index (χ4n) is 2.06. The molecule has 0 unspecified atom stereocenters. The van der Waals surface area contributed by atoms with E-state index in [4.69, 9.17) is 12.2 Å². The highest BCUT2D eigenvalue weighted by atomic mass is 32.1. The van der Waals surface area contributed by atoms with E-state index in [-0.39, 0.29) is 5.41 Å². The summed E-state index contributed by atoms with van der Waals surface area (Å²) in [5, 5.41) is 4.20. The maximum absolute atomic E-state index is 5.34. The molecule has 0 amide bonds. The van der Waals surface area contributed by atoms with Crippen LogP contribution < -0.4 is 0 Å². The van der Waals surface area contributed by atoms with Gasteiger partial charge in [0.25, 0.3) is 0 Å². The van der Waals surface area contributed by atoms with Crippen LogP contribution in [0.3, 0.4) is 0 Å². The first-order valence-corrected chi connectivity index (χ1v) is 6.65. The Morgan fingerprint density at radius 3 is 2.72 bits per heavy atom. The summed E-state index contributed by atoms with van der Waals surface area (Å²) in [6, 6.07) is 1.95. The van der Waals surface area contributed by atoms with Gasteiger partial charge in [0.2, 0.25) is 0 Å². The maximum atomic E-state index is 5.34. The fraction of sp³-hybridized carbons (Fsp3) is 0.538. The molecule has 2 aromatic heterocycles. The number of hydrogen-bond acceptors (Lipinski definition) is 2. The predicted molar refractivity (Wildman–Crippen MR) is 75.2 cm³/mol. The second kappa shape index (κ2) is 5.10. The smallest absolute Gasteiger partial charge is 0.177 e. The number of imidazole rings is 1. The Kier molecular flexibility index (Phi) is 3.71. The first kappa shape index (κ1) is 13.1. The van der Waals surface area contributed by atoms with E-state index in [1.807, 2.05) is 29.3 Å². The van der Waals surface area contributed by atoms with Gasteiger partial charge in [-0.25, -0.2) is 0 Å². The lowest BCUT2D eigenvalue weighted by molar-refractivity contribution is 0.476. The number of aromatic amines is 1. The highest BCUT2D eigenvalue weighted by Gasteiger charge is 2.18. The van der Waals surface area contributed by atoms with Gasteiger partial charge < -0.3 is 9.55 Å². The van der Waals surface area contributed by atoms with E-state index in [0.29, 0.717) is 0 Å². The lowest BCUT2D eigenvalue weighted by atomic mass is 9.92. The third-order valence-electron chi connectivity index (χ3n) is 2.96. The molecule has 0 saturated heterocycles. The summed E-state index contributed by atoms with van der Waals surface area (Å²) in [5.41, 5.74) is 1.37. The average molecular weight is 264 g/mol. The van der Waals surface area contributed by atoms with Crippen molar-refractivity contribution in [2.75, 3.05) is 0 Å². The molecule has 98 valence electrons. The Bertz CT molecular complexity index is 542. The van der Waals surface area contributed by atoms with E-state index in [2.05, 4.69) is 35.4 Å². The van der Waals surface area contributed by atoms with Crippen LogP contribution in [0.25, 0.3) is 0 Å². The Morgan fingerprint density at radius 2 is 2.11 bits per heavy atom. The molecular weight excluding hydrogens is 244 g/mol. The van der Waals surface area contributed by atoms with Gasteiger partial charge in [0, 0.05) is 42.8 Å². The zero-order valence-electron chi connectivity index (χ0n) is 11.2. The molecule has 4 nitrogen and oxygen atoms in total. The van der Waals surface area contributed by atoms with E-state index >= 15 is 0 Å². The zero-order valence-corrected chi connectivity index (χ0v) is 12.0. The van der Waals surface area contributed by atoms with Gasteiger partial charge >= 0.3 is 0 Å². The zero-order chi connectivity index (χ0) is 13.2. The molecule has 0 saturated carbocycles. The standard InChI is InChI=1S/C13H20N4S/c1-13(2,3)11-10-14-12(18)17(11)9-5-8-16-7-4-6-15-16/h4,6-7,10H,5,8-9H2,1-3H3,(H,14,18).